The fourth-order valence-electron chi connectivity index (χ4n) is 2.02. The number of ether oxygens (including phenoxy) is 2. The van der Waals surface area contributed by atoms with Crippen molar-refractivity contribution in [2.45, 2.75) is 13.8 Å². The number of carbonyl (C=O) groups excluding carboxylic acids is 3. The Hall–Kier alpha value is -2.88. The molecule has 0 aliphatic rings. The Kier molecular flexibility index (Phi) is 6.56. The molecule has 27 heavy (non-hydrogen) atoms. The van der Waals surface area contributed by atoms with Gasteiger partial charge in [-0.15, -0.1) is 11.3 Å². The van der Waals surface area contributed by atoms with Gasteiger partial charge in [-0.2, -0.15) is 0 Å². The van der Waals surface area contributed by atoms with E-state index in [-0.39, 0.29) is 17.2 Å². The lowest BCUT2D eigenvalue weighted by Gasteiger charge is -2.08. The van der Waals surface area contributed by atoms with Crippen molar-refractivity contribution < 1.29 is 37.0 Å². The van der Waals surface area contributed by atoms with Crippen LogP contribution in [-0.2, 0) is 14.3 Å². The molecule has 1 amide bonds. The zero-order valence-corrected chi connectivity index (χ0v) is 15.0. The van der Waals surface area contributed by atoms with Crippen LogP contribution in [0.1, 0.15) is 32.5 Å². The van der Waals surface area contributed by atoms with E-state index in [1.165, 1.54) is 6.07 Å². The monoisotopic (exact) mass is 401 g/mol. The maximum atomic E-state index is 13.5. The van der Waals surface area contributed by atoms with E-state index in [4.69, 9.17) is 4.74 Å². The van der Waals surface area contributed by atoms with E-state index in [9.17, 15) is 27.6 Å². The molecule has 0 fully saturated rings. The van der Waals surface area contributed by atoms with Crippen molar-refractivity contribution in [3.63, 3.8) is 0 Å². The number of amides is 1. The van der Waals surface area contributed by atoms with E-state index in [0.717, 1.165) is 16.2 Å². The second kappa shape index (κ2) is 8.67. The molecule has 0 unspecified atom stereocenters. The van der Waals surface area contributed by atoms with Gasteiger partial charge in [0.1, 0.15) is 5.00 Å². The van der Waals surface area contributed by atoms with Crippen LogP contribution >= 0.6 is 11.3 Å². The van der Waals surface area contributed by atoms with E-state index in [1.807, 2.05) is 0 Å². The van der Waals surface area contributed by atoms with Gasteiger partial charge in [0.2, 0.25) is 0 Å². The maximum absolute atomic E-state index is 13.5. The SMILES string of the molecule is CCOC(=O)c1cc(C)sc1NC(=O)COC(=O)c1ccc(F)c(F)c1F. The van der Waals surface area contributed by atoms with Crippen LogP contribution in [0, 0.1) is 24.4 Å². The van der Waals surface area contributed by atoms with E-state index < -0.39 is 47.5 Å². The molecule has 0 aliphatic carbocycles. The predicted octanol–water partition coefficient (Wildman–Crippen LogP) is 3.45. The summed E-state index contributed by atoms with van der Waals surface area (Å²) in [6, 6.07) is 2.80. The third-order valence-corrected chi connectivity index (χ3v) is 4.16. The first-order valence-electron chi connectivity index (χ1n) is 7.62. The van der Waals surface area contributed by atoms with Crippen molar-refractivity contribution in [2.75, 3.05) is 18.5 Å². The highest BCUT2D eigenvalue weighted by Crippen LogP contribution is 2.28. The normalized spacial score (nSPS) is 10.4. The number of halogens is 3. The topological polar surface area (TPSA) is 81.7 Å². The molecule has 1 N–H and O–H groups in total. The number of nitrogens with one attached hydrogen (secondary N) is 1. The quantitative estimate of drug-likeness (QED) is 0.592. The molecule has 0 saturated carbocycles. The zero-order chi connectivity index (χ0) is 20.1. The van der Waals surface area contributed by atoms with E-state index in [2.05, 4.69) is 10.1 Å². The molecule has 2 aromatic rings. The first kappa shape index (κ1) is 20.4. The number of anilines is 1. The molecule has 1 aromatic carbocycles. The summed E-state index contributed by atoms with van der Waals surface area (Å²) in [7, 11) is 0. The molecule has 144 valence electrons. The van der Waals surface area contributed by atoms with E-state index in [0.29, 0.717) is 12.1 Å². The minimum Gasteiger partial charge on any atom is -0.462 e. The number of benzene rings is 1. The second-order valence-corrected chi connectivity index (χ2v) is 6.42. The number of thiophene rings is 1. The van der Waals surface area contributed by atoms with Crippen molar-refractivity contribution in [3.05, 3.63) is 51.7 Å². The summed E-state index contributed by atoms with van der Waals surface area (Å²) >= 11 is 1.11. The van der Waals surface area contributed by atoms with Crippen LogP contribution in [0.5, 0.6) is 0 Å². The summed E-state index contributed by atoms with van der Waals surface area (Å²) in [6.45, 7) is 2.68. The number of aryl methyl sites for hydroxylation is 1. The van der Waals surface area contributed by atoms with Crippen LogP contribution in [0.15, 0.2) is 18.2 Å². The Balaban J connectivity index is 2.02. The summed E-state index contributed by atoms with van der Waals surface area (Å²) in [5, 5.41) is 2.59. The van der Waals surface area contributed by atoms with Gasteiger partial charge >= 0.3 is 11.9 Å². The van der Waals surface area contributed by atoms with Crippen molar-refractivity contribution in [2.24, 2.45) is 0 Å². The lowest BCUT2D eigenvalue weighted by molar-refractivity contribution is -0.119. The maximum Gasteiger partial charge on any atom is 0.341 e. The molecule has 1 aromatic heterocycles. The minimum absolute atomic E-state index is 0.144. The standard InChI is InChI=1S/C17H14F3NO5S/c1-3-25-17(24)10-6-8(2)27-15(10)21-12(22)7-26-16(23)9-4-5-11(18)14(20)13(9)19/h4-6H,3,7H2,1-2H3,(H,21,22). The summed E-state index contributed by atoms with van der Waals surface area (Å²) in [4.78, 5) is 36.3. The van der Waals surface area contributed by atoms with Crippen LogP contribution in [0.3, 0.4) is 0 Å². The smallest absolute Gasteiger partial charge is 0.341 e. The highest BCUT2D eigenvalue weighted by molar-refractivity contribution is 7.16. The first-order valence-corrected chi connectivity index (χ1v) is 8.44. The van der Waals surface area contributed by atoms with Gasteiger partial charge in [-0.1, -0.05) is 0 Å². The third-order valence-electron chi connectivity index (χ3n) is 3.19. The average Bonchev–Trinajstić information content (AvgIpc) is 2.98. The summed E-state index contributed by atoms with van der Waals surface area (Å²) < 4.78 is 49.0. The van der Waals surface area contributed by atoms with Crippen LogP contribution in [-0.4, -0.2) is 31.1 Å². The van der Waals surface area contributed by atoms with Crippen LogP contribution < -0.4 is 5.32 Å². The van der Waals surface area contributed by atoms with Gasteiger partial charge < -0.3 is 14.8 Å². The highest BCUT2D eigenvalue weighted by Gasteiger charge is 2.22. The van der Waals surface area contributed by atoms with Gasteiger partial charge in [0.05, 0.1) is 17.7 Å². The fourth-order valence-corrected chi connectivity index (χ4v) is 2.94. The molecular formula is C17H14F3NO5S. The first-order chi connectivity index (χ1) is 12.7. The van der Waals surface area contributed by atoms with Crippen molar-refractivity contribution >= 4 is 34.2 Å². The third kappa shape index (κ3) is 4.85. The van der Waals surface area contributed by atoms with E-state index in [1.54, 1.807) is 13.8 Å². The molecule has 10 heteroatoms. The summed E-state index contributed by atoms with van der Waals surface area (Å²) in [5.41, 5.74) is -0.702. The molecule has 6 nitrogen and oxygen atoms in total. The van der Waals surface area contributed by atoms with Gasteiger partial charge in [-0.25, -0.2) is 22.8 Å². The van der Waals surface area contributed by atoms with Crippen molar-refractivity contribution in [1.29, 1.82) is 0 Å². The Morgan fingerprint density at radius 3 is 2.37 bits per heavy atom. The molecule has 0 aliphatic heterocycles. The van der Waals surface area contributed by atoms with E-state index >= 15 is 0 Å². The summed E-state index contributed by atoms with van der Waals surface area (Å²) in [5.74, 6) is -7.76. The van der Waals surface area contributed by atoms with Gasteiger partial charge in [0.25, 0.3) is 5.91 Å². The largest absolute Gasteiger partial charge is 0.462 e. The van der Waals surface area contributed by atoms with Gasteiger partial charge in [-0.3, -0.25) is 4.79 Å². The molecule has 0 saturated heterocycles. The van der Waals surface area contributed by atoms with Gasteiger partial charge in [0.15, 0.2) is 24.1 Å². The number of rotatable bonds is 6. The molecule has 0 atom stereocenters. The average molecular weight is 401 g/mol. The summed E-state index contributed by atoms with van der Waals surface area (Å²) in [6.07, 6.45) is 0. The van der Waals surface area contributed by atoms with Crippen LogP contribution in [0.25, 0.3) is 0 Å². The molecule has 1 heterocycles. The van der Waals surface area contributed by atoms with Crippen LogP contribution in [0.2, 0.25) is 0 Å². The number of esters is 2. The Bertz CT molecular complexity index is 897. The molecular weight excluding hydrogens is 387 g/mol. The zero-order valence-electron chi connectivity index (χ0n) is 14.2. The Labute approximate surface area is 155 Å². The Morgan fingerprint density at radius 1 is 1.04 bits per heavy atom. The Morgan fingerprint density at radius 2 is 1.70 bits per heavy atom. The molecule has 0 radical (unpaired) electrons. The lowest BCUT2D eigenvalue weighted by atomic mass is 10.2. The molecule has 2 rings (SSSR count). The fraction of sp³-hybridized carbons (Fsp3) is 0.235. The van der Waals surface area contributed by atoms with Crippen molar-refractivity contribution in [3.8, 4) is 0 Å². The molecule has 0 spiro atoms. The number of hydrogen-bond donors (Lipinski definition) is 1. The number of hydrogen-bond acceptors (Lipinski definition) is 6. The molecule has 0 bridgehead atoms. The van der Waals surface area contributed by atoms with Gasteiger partial charge in [-0.05, 0) is 32.0 Å². The second-order valence-electron chi connectivity index (χ2n) is 5.17. The van der Waals surface area contributed by atoms with Crippen molar-refractivity contribution in [1.82, 2.24) is 0 Å². The number of carbonyl (C=O) groups is 3. The highest BCUT2D eigenvalue weighted by atomic mass is 32.1. The lowest BCUT2D eigenvalue weighted by Crippen LogP contribution is -2.22. The minimum atomic E-state index is -1.82. The van der Waals surface area contributed by atoms with Gasteiger partial charge in [0, 0.05) is 4.88 Å². The predicted molar refractivity (Wildman–Crippen MR) is 90.2 cm³/mol. The van der Waals surface area contributed by atoms with Crippen LogP contribution in [0.4, 0.5) is 18.2 Å².